The first-order valence-electron chi connectivity index (χ1n) is 4.91. The van der Waals surface area contributed by atoms with E-state index < -0.39 is 5.97 Å². The molecule has 0 spiro atoms. The van der Waals surface area contributed by atoms with Crippen molar-refractivity contribution in [1.82, 2.24) is 5.59 Å². The summed E-state index contributed by atoms with van der Waals surface area (Å²) in [6, 6.07) is 9.11. The van der Waals surface area contributed by atoms with Gasteiger partial charge in [-0.3, -0.25) is 0 Å². The van der Waals surface area contributed by atoms with Crippen molar-refractivity contribution in [2.75, 3.05) is 5.01 Å². The predicted octanol–water partition coefficient (Wildman–Crippen LogP) is 1.01. The van der Waals surface area contributed by atoms with E-state index in [1.54, 1.807) is 12.1 Å². The average molecular weight is 263 g/mol. The van der Waals surface area contributed by atoms with Gasteiger partial charge >= 0.3 is 5.97 Å². The van der Waals surface area contributed by atoms with Crippen LogP contribution in [0, 0.1) is 0 Å². The predicted molar refractivity (Wildman–Crippen MR) is 67.9 cm³/mol. The molecule has 2 rings (SSSR count). The van der Waals surface area contributed by atoms with Gasteiger partial charge in [0.2, 0.25) is 5.11 Å². The Labute approximate surface area is 108 Å². The van der Waals surface area contributed by atoms with Gasteiger partial charge in [-0.05, 0) is 24.4 Å². The van der Waals surface area contributed by atoms with Crippen LogP contribution in [-0.2, 0) is 9.63 Å². The normalized spacial score (nSPS) is 17.4. The molecular formula is C10H9N5O2S. The summed E-state index contributed by atoms with van der Waals surface area (Å²) < 4.78 is 0. The highest BCUT2D eigenvalue weighted by atomic mass is 32.1. The van der Waals surface area contributed by atoms with Crippen molar-refractivity contribution in [1.29, 1.82) is 0 Å². The third-order valence-electron chi connectivity index (χ3n) is 2.03. The zero-order valence-corrected chi connectivity index (χ0v) is 9.92. The molecule has 1 fully saturated rings. The van der Waals surface area contributed by atoms with E-state index in [4.69, 9.17) is 10.6 Å². The summed E-state index contributed by atoms with van der Waals surface area (Å²) in [5, 5.41) is 8.36. The first kappa shape index (κ1) is 12.1. The van der Waals surface area contributed by atoms with Crippen LogP contribution in [0.4, 0.5) is 5.69 Å². The molecule has 1 aliphatic rings. The van der Waals surface area contributed by atoms with Gasteiger partial charge in [-0.2, -0.15) is 5.11 Å². The maximum Gasteiger partial charge on any atom is 0.378 e. The third kappa shape index (κ3) is 2.67. The molecule has 0 amide bonds. The summed E-state index contributed by atoms with van der Waals surface area (Å²) in [7, 11) is 0. The van der Waals surface area contributed by atoms with Crippen molar-refractivity contribution >= 4 is 29.0 Å². The lowest BCUT2D eigenvalue weighted by molar-refractivity contribution is -0.140. The minimum absolute atomic E-state index is 0.113. The Bertz CT molecular complexity index is 528. The molecule has 0 atom stereocenters. The summed E-state index contributed by atoms with van der Waals surface area (Å²) in [4.78, 5) is 16.2. The van der Waals surface area contributed by atoms with E-state index in [-0.39, 0.29) is 10.8 Å². The number of nitrogens with two attached hydrogens (primary N) is 1. The molecule has 0 bridgehead atoms. The zero-order chi connectivity index (χ0) is 13.0. The summed E-state index contributed by atoms with van der Waals surface area (Å²) in [6.45, 7) is 0. The lowest BCUT2D eigenvalue weighted by Gasteiger charge is -2.14. The highest BCUT2D eigenvalue weighted by Gasteiger charge is 2.28. The molecule has 1 heterocycles. The minimum atomic E-state index is -0.569. The van der Waals surface area contributed by atoms with Crippen molar-refractivity contribution in [3.05, 3.63) is 42.2 Å². The number of benzene rings is 1. The van der Waals surface area contributed by atoms with Crippen LogP contribution < -0.4 is 16.3 Å². The molecule has 0 aliphatic carbocycles. The second-order valence-electron chi connectivity index (χ2n) is 3.22. The zero-order valence-electron chi connectivity index (χ0n) is 9.11. The number of para-hydroxylation sites is 1. The number of thiocarbonyl (C=S) groups is 1. The van der Waals surface area contributed by atoms with E-state index in [2.05, 4.69) is 28.0 Å². The molecule has 1 aromatic carbocycles. The number of nitrogens with one attached hydrogen (secondary N) is 1. The van der Waals surface area contributed by atoms with Crippen LogP contribution in [0.3, 0.4) is 0 Å². The fourth-order valence-corrected chi connectivity index (χ4v) is 1.35. The minimum Gasteiger partial charge on any atom is -0.373 e. The second kappa shape index (κ2) is 5.34. The molecule has 1 aliphatic heterocycles. The van der Waals surface area contributed by atoms with Gasteiger partial charge in [0, 0.05) is 0 Å². The number of nitrogens with zero attached hydrogens (tertiary/aromatic N) is 3. The molecule has 92 valence electrons. The van der Waals surface area contributed by atoms with Crippen molar-refractivity contribution in [3.8, 4) is 0 Å². The van der Waals surface area contributed by atoms with Gasteiger partial charge in [-0.1, -0.05) is 23.8 Å². The topological polar surface area (TPSA) is 92.3 Å². The summed E-state index contributed by atoms with van der Waals surface area (Å²) in [5.41, 5.74) is 8.52. The number of anilines is 1. The summed E-state index contributed by atoms with van der Waals surface area (Å²) in [6.07, 6.45) is 1.22. The summed E-state index contributed by atoms with van der Waals surface area (Å²) >= 11 is 4.53. The number of hydrogen-bond acceptors (Lipinski definition) is 6. The lowest BCUT2D eigenvalue weighted by atomic mass is 10.3. The molecule has 0 aromatic heterocycles. The number of rotatable bonds is 2. The van der Waals surface area contributed by atoms with Crippen LogP contribution in [0.5, 0.6) is 0 Å². The lowest BCUT2D eigenvalue weighted by Crippen LogP contribution is -2.28. The highest BCUT2D eigenvalue weighted by molar-refractivity contribution is 7.80. The number of carbonyl (C=O) groups excluding carboxylic acids is 1. The molecule has 0 unspecified atom stereocenters. The maximum atomic E-state index is 11.5. The van der Waals surface area contributed by atoms with Crippen LogP contribution in [-0.4, -0.2) is 11.1 Å². The molecule has 18 heavy (non-hydrogen) atoms. The molecule has 1 saturated heterocycles. The Morgan fingerprint density at radius 2 is 2.17 bits per heavy atom. The molecule has 0 saturated carbocycles. The molecular weight excluding hydrogens is 254 g/mol. The first-order chi connectivity index (χ1) is 8.68. The SMILES string of the molecule is NC(=S)N=N/C=C1\C(=O)ONN1c1ccccc1. The van der Waals surface area contributed by atoms with Crippen molar-refractivity contribution in [2.24, 2.45) is 16.0 Å². The Balaban J connectivity index is 2.26. The van der Waals surface area contributed by atoms with Gasteiger partial charge in [0.15, 0.2) is 5.70 Å². The molecule has 8 heteroatoms. The number of azo groups is 1. The number of hydrogen-bond donors (Lipinski definition) is 2. The van der Waals surface area contributed by atoms with Gasteiger partial charge in [0.25, 0.3) is 0 Å². The van der Waals surface area contributed by atoms with E-state index in [1.165, 1.54) is 11.2 Å². The van der Waals surface area contributed by atoms with Gasteiger partial charge in [0.1, 0.15) is 0 Å². The highest BCUT2D eigenvalue weighted by Crippen LogP contribution is 2.21. The van der Waals surface area contributed by atoms with Gasteiger partial charge < -0.3 is 10.6 Å². The Hall–Kier alpha value is -2.32. The molecule has 3 N–H and O–H groups in total. The van der Waals surface area contributed by atoms with E-state index >= 15 is 0 Å². The monoisotopic (exact) mass is 263 g/mol. The number of carbonyl (C=O) groups is 1. The number of hydrazine groups is 1. The third-order valence-corrected chi connectivity index (χ3v) is 2.11. The largest absolute Gasteiger partial charge is 0.378 e. The Morgan fingerprint density at radius 3 is 2.83 bits per heavy atom. The van der Waals surface area contributed by atoms with Crippen LogP contribution in [0.2, 0.25) is 0 Å². The van der Waals surface area contributed by atoms with E-state index in [0.717, 1.165) is 5.69 Å². The van der Waals surface area contributed by atoms with E-state index in [0.29, 0.717) is 0 Å². The van der Waals surface area contributed by atoms with Crippen molar-refractivity contribution in [3.63, 3.8) is 0 Å². The van der Waals surface area contributed by atoms with E-state index in [1.807, 2.05) is 18.2 Å². The fraction of sp³-hybridized carbons (Fsp3) is 0. The maximum absolute atomic E-state index is 11.5. The molecule has 1 aromatic rings. The van der Waals surface area contributed by atoms with Crippen LogP contribution in [0.1, 0.15) is 0 Å². The van der Waals surface area contributed by atoms with Crippen LogP contribution in [0.15, 0.2) is 52.5 Å². The molecule has 7 nitrogen and oxygen atoms in total. The smallest absolute Gasteiger partial charge is 0.373 e. The van der Waals surface area contributed by atoms with Gasteiger partial charge in [-0.15, -0.1) is 5.11 Å². The van der Waals surface area contributed by atoms with Crippen LogP contribution in [0.25, 0.3) is 0 Å². The van der Waals surface area contributed by atoms with Crippen molar-refractivity contribution in [2.45, 2.75) is 0 Å². The Morgan fingerprint density at radius 1 is 1.44 bits per heavy atom. The quantitative estimate of drug-likeness (QED) is 0.470. The average Bonchev–Trinajstić information content (AvgIpc) is 2.72. The van der Waals surface area contributed by atoms with E-state index in [9.17, 15) is 4.79 Å². The van der Waals surface area contributed by atoms with Crippen LogP contribution >= 0.6 is 12.2 Å². The standard InChI is InChI=1S/C10H9N5O2S/c11-10(18)13-12-6-8-9(16)17-14-15(8)7-4-2-1-3-5-7/h1-6,14H,(H2,11,18)/b8-6+,13-12?. The second-order valence-corrected chi connectivity index (χ2v) is 3.64. The van der Waals surface area contributed by atoms with Gasteiger partial charge in [0.05, 0.1) is 11.9 Å². The first-order valence-corrected chi connectivity index (χ1v) is 5.32. The Kier molecular flexibility index (Phi) is 3.60. The van der Waals surface area contributed by atoms with Gasteiger partial charge in [-0.25, -0.2) is 9.80 Å². The van der Waals surface area contributed by atoms with Crippen molar-refractivity contribution < 1.29 is 9.63 Å². The fourth-order valence-electron chi connectivity index (χ4n) is 1.30. The molecule has 0 radical (unpaired) electrons. The summed E-state index contributed by atoms with van der Waals surface area (Å²) in [5.74, 6) is -0.569.